The van der Waals surface area contributed by atoms with E-state index in [1.165, 1.54) is 13.1 Å². The molecule has 0 aromatic rings. The lowest BCUT2D eigenvalue weighted by atomic mass is 10.1. The molecular weight excluding hydrogens is 162 g/mol. The van der Waals surface area contributed by atoms with Crippen LogP contribution in [-0.4, -0.2) is 37.2 Å². The molecule has 0 N–H and O–H groups in total. The van der Waals surface area contributed by atoms with Gasteiger partial charge >= 0.3 is 0 Å². The second-order valence-corrected chi connectivity index (χ2v) is 4.96. The number of rotatable bonds is 6. The van der Waals surface area contributed by atoms with Crippen LogP contribution in [0.1, 0.15) is 27.7 Å². The smallest absolute Gasteiger partial charge is 0.0936 e. The number of hydrogen-bond acceptors (Lipinski definition) is 2. The summed E-state index contributed by atoms with van der Waals surface area (Å²) in [5, 5.41) is 0. The summed E-state index contributed by atoms with van der Waals surface area (Å²) in [4.78, 5) is 2.53. The summed E-state index contributed by atoms with van der Waals surface area (Å²) < 4.78 is 5.26. The molecule has 78 valence electrons. The highest BCUT2D eigenvalue weighted by Gasteiger charge is 2.25. The van der Waals surface area contributed by atoms with E-state index in [1.54, 1.807) is 0 Å². The standard InChI is InChI=1S/C11H23NO/c1-9(2)5-12(6-10(3)4)7-11-8-13-11/h9-11H,5-8H2,1-4H3/t11-/m0/s1. The van der Waals surface area contributed by atoms with Gasteiger partial charge in [-0.3, -0.25) is 0 Å². The third-order valence-corrected chi connectivity index (χ3v) is 2.11. The maximum absolute atomic E-state index is 5.26. The molecule has 1 rings (SSSR count). The van der Waals surface area contributed by atoms with Crippen LogP contribution < -0.4 is 0 Å². The van der Waals surface area contributed by atoms with Gasteiger partial charge in [0, 0.05) is 19.6 Å². The third kappa shape index (κ3) is 5.27. The minimum absolute atomic E-state index is 0.539. The van der Waals surface area contributed by atoms with E-state index in [4.69, 9.17) is 4.74 Å². The Hall–Kier alpha value is -0.0800. The Balaban J connectivity index is 2.23. The first-order valence-corrected chi connectivity index (χ1v) is 5.42. The van der Waals surface area contributed by atoms with Gasteiger partial charge in [0.25, 0.3) is 0 Å². The minimum atomic E-state index is 0.539. The van der Waals surface area contributed by atoms with Gasteiger partial charge in [-0.1, -0.05) is 27.7 Å². The molecule has 13 heavy (non-hydrogen) atoms. The lowest BCUT2D eigenvalue weighted by molar-refractivity contribution is 0.199. The third-order valence-electron chi connectivity index (χ3n) is 2.11. The molecule has 0 radical (unpaired) electrons. The number of epoxide rings is 1. The number of ether oxygens (including phenoxy) is 1. The maximum atomic E-state index is 5.26. The molecule has 1 heterocycles. The number of hydrogen-bond donors (Lipinski definition) is 0. The molecule has 1 aliphatic rings. The van der Waals surface area contributed by atoms with E-state index in [-0.39, 0.29) is 0 Å². The van der Waals surface area contributed by atoms with Gasteiger partial charge in [-0.25, -0.2) is 0 Å². The molecule has 1 fully saturated rings. The van der Waals surface area contributed by atoms with Crippen molar-refractivity contribution < 1.29 is 4.74 Å². The van der Waals surface area contributed by atoms with Gasteiger partial charge in [-0.2, -0.15) is 0 Å². The van der Waals surface area contributed by atoms with E-state index in [2.05, 4.69) is 32.6 Å². The Morgan fingerprint density at radius 1 is 1.15 bits per heavy atom. The second-order valence-electron chi connectivity index (χ2n) is 4.96. The Morgan fingerprint density at radius 3 is 1.92 bits per heavy atom. The van der Waals surface area contributed by atoms with Crippen molar-refractivity contribution in [2.24, 2.45) is 11.8 Å². The van der Waals surface area contributed by atoms with E-state index in [9.17, 15) is 0 Å². The van der Waals surface area contributed by atoms with Gasteiger partial charge in [0.2, 0.25) is 0 Å². The quantitative estimate of drug-likeness (QED) is 0.588. The molecule has 0 spiro atoms. The Labute approximate surface area is 82.3 Å². The highest BCUT2D eigenvalue weighted by atomic mass is 16.6. The van der Waals surface area contributed by atoms with Crippen LogP contribution in [0, 0.1) is 11.8 Å². The summed E-state index contributed by atoms with van der Waals surface area (Å²) in [6.45, 7) is 13.6. The fourth-order valence-electron chi connectivity index (χ4n) is 1.72. The Kier molecular flexibility index (Phi) is 4.20. The van der Waals surface area contributed by atoms with Gasteiger partial charge in [-0.15, -0.1) is 0 Å². The van der Waals surface area contributed by atoms with Crippen molar-refractivity contribution in [3.8, 4) is 0 Å². The van der Waals surface area contributed by atoms with Crippen molar-refractivity contribution in [2.75, 3.05) is 26.2 Å². The predicted octanol–water partition coefficient (Wildman–Crippen LogP) is 2.00. The zero-order valence-corrected chi connectivity index (χ0v) is 9.42. The molecule has 1 aliphatic heterocycles. The van der Waals surface area contributed by atoms with Crippen molar-refractivity contribution in [3.63, 3.8) is 0 Å². The van der Waals surface area contributed by atoms with Gasteiger partial charge in [0.1, 0.15) is 0 Å². The zero-order chi connectivity index (χ0) is 9.84. The first kappa shape index (κ1) is 11.0. The van der Waals surface area contributed by atoms with Crippen LogP contribution in [-0.2, 0) is 4.74 Å². The molecular formula is C11H23NO. The largest absolute Gasteiger partial charge is 0.372 e. The average Bonchev–Trinajstić information content (AvgIpc) is 2.67. The fraction of sp³-hybridized carbons (Fsp3) is 1.00. The summed E-state index contributed by atoms with van der Waals surface area (Å²) >= 11 is 0. The van der Waals surface area contributed by atoms with Crippen LogP contribution in [0.25, 0.3) is 0 Å². The normalized spacial score (nSPS) is 21.9. The summed E-state index contributed by atoms with van der Waals surface area (Å²) in [5.41, 5.74) is 0. The van der Waals surface area contributed by atoms with Gasteiger partial charge in [0.05, 0.1) is 12.7 Å². The summed E-state index contributed by atoms with van der Waals surface area (Å²) in [6.07, 6.45) is 0.539. The van der Waals surface area contributed by atoms with Crippen LogP contribution in [0.4, 0.5) is 0 Å². The van der Waals surface area contributed by atoms with Crippen molar-refractivity contribution in [2.45, 2.75) is 33.8 Å². The molecule has 1 atom stereocenters. The van der Waals surface area contributed by atoms with Gasteiger partial charge in [0.15, 0.2) is 0 Å². The molecule has 1 saturated heterocycles. The van der Waals surface area contributed by atoms with E-state index in [0.717, 1.165) is 25.0 Å². The van der Waals surface area contributed by atoms with Crippen LogP contribution in [0.2, 0.25) is 0 Å². The number of nitrogens with zero attached hydrogens (tertiary/aromatic N) is 1. The summed E-state index contributed by atoms with van der Waals surface area (Å²) in [6, 6.07) is 0. The second kappa shape index (κ2) is 4.97. The Morgan fingerprint density at radius 2 is 1.62 bits per heavy atom. The summed E-state index contributed by atoms with van der Waals surface area (Å²) in [5.74, 6) is 1.52. The van der Waals surface area contributed by atoms with Crippen LogP contribution in [0.5, 0.6) is 0 Å². The molecule has 0 aromatic carbocycles. The molecule has 0 saturated carbocycles. The van der Waals surface area contributed by atoms with Crippen molar-refractivity contribution in [1.82, 2.24) is 4.90 Å². The highest BCUT2D eigenvalue weighted by molar-refractivity contribution is 4.75. The van der Waals surface area contributed by atoms with Crippen molar-refractivity contribution in [1.29, 1.82) is 0 Å². The Bertz CT molecular complexity index is 126. The molecule has 2 nitrogen and oxygen atoms in total. The van der Waals surface area contributed by atoms with Crippen LogP contribution >= 0.6 is 0 Å². The average molecular weight is 185 g/mol. The van der Waals surface area contributed by atoms with E-state index in [0.29, 0.717) is 6.10 Å². The SMILES string of the molecule is CC(C)CN(CC(C)C)C[C@H]1CO1. The van der Waals surface area contributed by atoms with Gasteiger partial charge < -0.3 is 9.64 Å². The molecule has 0 aromatic heterocycles. The first-order valence-electron chi connectivity index (χ1n) is 5.42. The fourth-order valence-corrected chi connectivity index (χ4v) is 1.72. The first-order chi connectivity index (χ1) is 6.08. The van der Waals surface area contributed by atoms with Gasteiger partial charge in [-0.05, 0) is 11.8 Å². The molecule has 0 amide bonds. The predicted molar refractivity (Wildman–Crippen MR) is 55.9 cm³/mol. The highest BCUT2D eigenvalue weighted by Crippen LogP contribution is 2.13. The van der Waals surface area contributed by atoms with E-state index < -0.39 is 0 Å². The topological polar surface area (TPSA) is 15.8 Å². The lowest BCUT2D eigenvalue weighted by Crippen LogP contribution is -2.34. The monoisotopic (exact) mass is 185 g/mol. The van der Waals surface area contributed by atoms with Crippen molar-refractivity contribution >= 4 is 0 Å². The minimum Gasteiger partial charge on any atom is -0.372 e. The summed E-state index contributed by atoms with van der Waals surface area (Å²) in [7, 11) is 0. The van der Waals surface area contributed by atoms with Crippen molar-refractivity contribution in [3.05, 3.63) is 0 Å². The molecule has 0 aliphatic carbocycles. The molecule has 2 heteroatoms. The maximum Gasteiger partial charge on any atom is 0.0936 e. The lowest BCUT2D eigenvalue weighted by Gasteiger charge is -2.25. The van der Waals surface area contributed by atoms with E-state index >= 15 is 0 Å². The molecule has 0 bridgehead atoms. The molecule has 0 unspecified atom stereocenters. The zero-order valence-electron chi connectivity index (χ0n) is 9.42. The van der Waals surface area contributed by atoms with Crippen LogP contribution in [0.3, 0.4) is 0 Å². The van der Waals surface area contributed by atoms with Crippen LogP contribution in [0.15, 0.2) is 0 Å². The van der Waals surface area contributed by atoms with E-state index in [1.807, 2.05) is 0 Å².